The Morgan fingerprint density at radius 3 is 2.55 bits per heavy atom. The van der Waals surface area contributed by atoms with Gasteiger partial charge in [0.15, 0.2) is 11.3 Å². The number of aromatic amines is 1. The molecule has 1 fully saturated rings. The van der Waals surface area contributed by atoms with Gasteiger partial charge in [-0.15, -0.1) is 11.6 Å². The summed E-state index contributed by atoms with van der Waals surface area (Å²) in [6.07, 6.45) is -2.50. The monoisotopic (exact) mass is 647 g/mol. The fraction of sp³-hybridized carbons (Fsp3) is 0.739. The van der Waals surface area contributed by atoms with Crippen molar-refractivity contribution in [2.45, 2.75) is 84.2 Å². The summed E-state index contributed by atoms with van der Waals surface area (Å²) in [5.74, 6) is -3.61. The molecule has 0 aromatic carbocycles. The average Bonchev–Trinajstić information content (AvgIpc) is 3.05. The molecule has 12 nitrogen and oxygen atoms in total. The van der Waals surface area contributed by atoms with Crippen molar-refractivity contribution in [3.8, 4) is 0 Å². The van der Waals surface area contributed by atoms with Crippen molar-refractivity contribution in [1.29, 1.82) is 0 Å². The molecule has 3 N–H and O–H groups in total. The second kappa shape index (κ2) is 13.9. The number of alkyl halides is 2. The Labute approximate surface area is 245 Å². The number of aromatic nitrogens is 2. The third-order valence-corrected chi connectivity index (χ3v) is 9.89. The number of H-pyrrole nitrogens is 1. The van der Waals surface area contributed by atoms with Gasteiger partial charge in [0.1, 0.15) is 17.5 Å². The van der Waals surface area contributed by atoms with E-state index >= 15 is 4.39 Å². The van der Waals surface area contributed by atoms with Gasteiger partial charge in [0.25, 0.3) is 18.1 Å². The van der Waals surface area contributed by atoms with Gasteiger partial charge in [-0.2, -0.15) is 0 Å². The van der Waals surface area contributed by atoms with Crippen molar-refractivity contribution < 1.29 is 37.6 Å². The first kappa shape index (κ1) is 35.0. The number of carbonyl (C=O) groups is 2. The van der Waals surface area contributed by atoms with E-state index in [4.69, 9.17) is 41.9 Å². The van der Waals surface area contributed by atoms with Gasteiger partial charge in [-0.25, -0.2) is 14.3 Å². The number of nitrogens with zero attached hydrogens (tertiary/aromatic N) is 1. The summed E-state index contributed by atoms with van der Waals surface area (Å²) < 4.78 is 38.4. The Balaban J connectivity index is 2.20. The van der Waals surface area contributed by atoms with Crippen LogP contribution in [0, 0.1) is 12.3 Å². The molecule has 6 atom stereocenters. The highest BCUT2D eigenvalue weighted by Crippen LogP contribution is 2.48. The van der Waals surface area contributed by atoms with Crippen LogP contribution in [-0.2, 0) is 39.9 Å². The van der Waals surface area contributed by atoms with Crippen molar-refractivity contribution >= 4 is 52.9 Å². The van der Waals surface area contributed by atoms with Crippen LogP contribution < -0.4 is 16.3 Å². The zero-order valence-electron chi connectivity index (χ0n) is 23.3. The number of halogens is 2. The van der Waals surface area contributed by atoms with E-state index in [2.05, 4.69) is 10.1 Å². The highest BCUT2D eigenvalue weighted by Gasteiger charge is 2.57. The summed E-state index contributed by atoms with van der Waals surface area (Å²) in [4.78, 5) is 50.7. The second-order valence-corrected chi connectivity index (χ2v) is 15.2. The van der Waals surface area contributed by atoms with E-state index in [0.717, 1.165) is 22.5 Å². The molecule has 1 aromatic heterocycles. The molecule has 0 amide bonds. The molecule has 1 aliphatic heterocycles. The Morgan fingerprint density at radius 1 is 1.35 bits per heavy atom. The second-order valence-electron chi connectivity index (χ2n) is 10.5. The molecule has 228 valence electrons. The van der Waals surface area contributed by atoms with E-state index < -0.39 is 71.6 Å². The molecule has 0 spiro atoms. The number of aryl methyl sites for hydroxylation is 1. The first-order chi connectivity index (χ1) is 18.3. The number of ether oxygens (including phenoxy) is 2. The number of esters is 1. The fourth-order valence-corrected chi connectivity index (χ4v) is 6.84. The van der Waals surface area contributed by atoms with Crippen molar-refractivity contribution in [3.63, 3.8) is 0 Å². The third-order valence-electron chi connectivity index (χ3n) is 5.46. The summed E-state index contributed by atoms with van der Waals surface area (Å²) in [6.45, 7) is 7.26. The summed E-state index contributed by atoms with van der Waals surface area (Å²) in [7, 11) is 0. The largest absolute Gasteiger partial charge is 0.462 e. The lowest BCUT2D eigenvalue weighted by molar-refractivity contribution is -0.150. The summed E-state index contributed by atoms with van der Waals surface area (Å²) in [5.41, 5.74) is -2.00. The molecule has 1 aromatic rings. The predicted molar refractivity (Wildman–Crippen MR) is 153 cm³/mol. The van der Waals surface area contributed by atoms with E-state index in [0.29, 0.717) is 0 Å². The fourth-order valence-electron chi connectivity index (χ4n) is 3.26. The Morgan fingerprint density at radius 2 is 1.98 bits per heavy atom. The molecule has 0 aliphatic carbocycles. The number of nitrogens with one attached hydrogen (secondary N) is 2. The standard InChI is InChI=1S/C23H36ClFN3O9PS2/c1-12(2)36-19(30)14(4)27-38(39,34-8-9-40-20(31)22(5,6)7)35-11-15-23(25,33)16(24)18(37-15)28-10-13(3)17(29)26-21(28)32/h10,12,14-16,18,33H,8-9,11H2,1-7H3,(H,27,39)(H,26,29,32). The number of hydrogen-bond acceptors (Lipinski definition) is 11. The number of thioether (sulfide) groups is 1. The molecule has 17 heteroatoms. The van der Waals surface area contributed by atoms with Crippen LogP contribution in [0.3, 0.4) is 0 Å². The number of aliphatic hydroxyl groups is 1. The molecule has 0 saturated carbocycles. The van der Waals surface area contributed by atoms with Crippen molar-refractivity contribution in [1.82, 2.24) is 14.6 Å². The molecule has 1 saturated heterocycles. The molecular weight excluding hydrogens is 612 g/mol. The van der Waals surface area contributed by atoms with Gasteiger partial charge in [0.05, 0.1) is 19.3 Å². The normalized spacial score (nSPS) is 25.5. The summed E-state index contributed by atoms with van der Waals surface area (Å²) in [6, 6.07) is -0.984. The van der Waals surface area contributed by atoms with E-state index in [1.807, 2.05) is 0 Å². The van der Waals surface area contributed by atoms with Crippen LogP contribution in [0.4, 0.5) is 4.39 Å². The maximum Gasteiger partial charge on any atom is 0.330 e. The third kappa shape index (κ3) is 9.17. The van der Waals surface area contributed by atoms with Gasteiger partial charge in [0.2, 0.25) is 0 Å². The van der Waals surface area contributed by atoms with E-state index in [-0.39, 0.29) is 23.0 Å². The lowest BCUT2D eigenvalue weighted by Crippen LogP contribution is -2.44. The van der Waals surface area contributed by atoms with Gasteiger partial charge < -0.3 is 23.6 Å². The quantitative estimate of drug-likeness (QED) is 0.132. The van der Waals surface area contributed by atoms with E-state index in [1.54, 1.807) is 34.6 Å². The first-order valence-corrected chi connectivity index (χ1v) is 16.4. The van der Waals surface area contributed by atoms with Crippen LogP contribution in [-0.4, -0.2) is 74.2 Å². The van der Waals surface area contributed by atoms with Crippen molar-refractivity contribution in [2.24, 2.45) is 5.41 Å². The number of hydrogen-bond donors (Lipinski definition) is 3. The van der Waals surface area contributed by atoms with Gasteiger partial charge in [-0.05, 0) is 39.5 Å². The van der Waals surface area contributed by atoms with Gasteiger partial charge in [0, 0.05) is 22.9 Å². The van der Waals surface area contributed by atoms with Crippen LogP contribution in [0.5, 0.6) is 0 Å². The average molecular weight is 648 g/mol. The highest BCUT2D eigenvalue weighted by atomic mass is 35.5. The zero-order chi connectivity index (χ0) is 30.6. The smallest absolute Gasteiger partial charge is 0.330 e. The van der Waals surface area contributed by atoms with E-state index in [9.17, 15) is 24.3 Å². The number of carbonyl (C=O) groups excluding carboxylic acids is 2. The lowest BCUT2D eigenvalue weighted by Gasteiger charge is -2.29. The van der Waals surface area contributed by atoms with Gasteiger partial charge in [-0.3, -0.25) is 23.9 Å². The molecule has 6 unspecified atom stereocenters. The molecule has 40 heavy (non-hydrogen) atoms. The van der Waals surface area contributed by atoms with Gasteiger partial charge >= 0.3 is 11.7 Å². The Hall–Kier alpha value is -1.16. The summed E-state index contributed by atoms with van der Waals surface area (Å²) in [5, 5.41) is 11.4. The topological polar surface area (TPSA) is 158 Å². The minimum absolute atomic E-state index is 0.0546. The SMILES string of the molecule is Cc1cn(C2OC(COP(=S)(NC(C)C(=O)OC(C)C)OCCSC(=O)C(C)(C)C)C(O)(F)C2Cl)c(=O)[nH]c1=O. The van der Waals surface area contributed by atoms with Crippen molar-refractivity contribution in [3.05, 3.63) is 32.6 Å². The molecule has 0 bridgehead atoms. The Bertz CT molecular complexity index is 1240. The van der Waals surface area contributed by atoms with Crippen LogP contribution in [0.1, 0.15) is 53.3 Å². The number of rotatable bonds is 12. The van der Waals surface area contributed by atoms with Crippen LogP contribution in [0.15, 0.2) is 15.8 Å². The Kier molecular flexibility index (Phi) is 12.2. The van der Waals surface area contributed by atoms with Crippen molar-refractivity contribution in [2.75, 3.05) is 19.0 Å². The molecule has 0 radical (unpaired) electrons. The van der Waals surface area contributed by atoms with Gasteiger partial charge in [-0.1, -0.05) is 32.5 Å². The summed E-state index contributed by atoms with van der Waals surface area (Å²) >= 11 is 12.7. The highest BCUT2D eigenvalue weighted by molar-refractivity contribution is 8.13. The molecule has 1 aliphatic rings. The molecular formula is C23H36ClFN3O9PS2. The zero-order valence-corrected chi connectivity index (χ0v) is 26.5. The van der Waals surface area contributed by atoms with Crippen LogP contribution in [0.2, 0.25) is 0 Å². The minimum atomic E-state index is -3.58. The lowest BCUT2D eigenvalue weighted by atomic mass is 10.00. The maximum atomic E-state index is 15.4. The maximum absolute atomic E-state index is 15.4. The molecule has 2 heterocycles. The predicted octanol–water partition coefficient (Wildman–Crippen LogP) is 2.50. The molecule has 2 rings (SSSR count). The first-order valence-electron chi connectivity index (χ1n) is 12.4. The van der Waals surface area contributed by atoms with Crippen LogP contribution in [0.25, 0.3) is 0 Å². The minimum Gasteiger partial charge on any atom is -0.462 e. The van der Waals surface area contributed by atoms with E-state index in [1.165, 1.54) is 13.8 Å². The van der Waals surface area contributed by atoms with Crippen LogP contribution >= 0.6 is 30.0 Å².